The first-order chi connectivity index (χ1) is 12.7. The Morgan fingerprint density at radius 2 is 2.04 bits per heavy atom. The molecule has 5 aromatic rings. The highest BCUT2D eigenvalue weighted by Gasteiger charge is 2.13. The van der Waals surface area contributed by atoms with E-state index in [0.717, 1.165) is 44.9 Å². The summed E-state index contributed by atoms with van der Waals surface area (Å²) in [6.07, 6.45) is 8.27. The van der Waals surface area contributed by atoms with E-state index in [4.69, 9.17) is 0 Å². The third-order valence-electron chi connectivity index (χ3n) is 4.46. The minimum Gasteiger partial charge on any atom is -0.346 e. The van der Waals surface area contributed by atoms with E-state index in [1.807, 2.05) is 50.9 Å². The van der Waals surface area contributed by atoms with Gasteiger partial charge in [-0.05, 0) is 30.7 Å². The number of nitrogens with one attached hydrogen (secondary N) is 1. The maximum atomic E-state index is 4.54. The normalized spacial score (nSPS) is 11.6. The van der Waals surface area contributed by atoms with Crippen LogP contribution in [0.5, 0.6) is 0 Å². The monoisotopic (exact) mass is 344 g/mol. The number of aromatic nitrogens is 8. The molecule has 0 radical (unpaired) electrons. The number of hydrogen-bond acceptors (Lipinski definition) is 5. The van der Waals surface area contributed by atoms with Crippen LogP contribution in [0, 0.1) is 6.92 Å². The Morgan fingerprint density at radius 3 is 2.88 bits per heavy atom. The second kappa shape index (κ2) is 5.48. The van der Waals surface area contributed by atoms with E-state index in [2.05, 4.69) is 36.4 Å². The molecule has 5 heterocycles. The van der Waals surface area contributed by atoms with Crippen molar-refractivity contribution in [2.75, 3.05) is 0 Å². The highest BCUT2D eigenvalue weighted by atomic mass is 15.4. The van der Waals surface area contributed by atoms with Crippen LogP contribution in [0.3, 0.4) is 0 Å². The Hall–Kier alpha value is -3.55. The van der Waals surface area contributed by atoms with Crippen molar-refractivity contribution in [1.29, 1.82) is 0 Å². The highest BCUT2D eigenvalue weighted by molar-refractivity contribution is 5.84. The number of aryl methyl sites for hydroxylation is 2. The molecule has 0 saturated heterocycles. The topological polar surface area (TPSA) is 89.6 Å². The van der Waals surface area contributed by atoms with E-state index in [-0.39, 0.29) is 0 Å². The Morgan fingerprint density at radius 1 is 1.12 bits per heavy atom. The molecular weight excluding hydrogens is 328 g/mol. The van der Waals surface area contributed by atoms with Gasteiger partial charge >= 0.3 is 0 Å². The van der Waals surface area contributed by atoms with E-state index in [1.54, 1.807) is 9.20 Å². The van der Waals surface area contributed by atoms with Crippen LogP contribution in [-0.2, 0) is 13.5 Å². The van der Waals surface area contributed by atoms with E-state index >= 15 is 0 Å². The molecule has 5 rings (SSSR count). The lowest BCUT2D eigenvalue weighted by Gasteiger charge is -2.01. The molecule has 0 amide bonds. The molecule has 8 heteroatoms. The van der Waals surface area contributed by atoms with E-state index in [9.17, 15) is 0 Å². The summed E-state index contributed by atoms with van der Waals surface area (Å²) in [7, 11) is 1.91. The number of pyridine rings is 1. The third kappa shape index (κ3) is 2.34. The van der Waals surface area contributed by atoms with E-state index < -0.39 is 0 Å². The number of hydrogen-bond donors (Lipinski definition) is 1. The van der Waals surface area contributed by atoms with Crippen LogP contribution < -0.4 is 0 Å². The highest BCUT2D eigenvalue weighted by Crippen LogP contribution is 2.25. The van der Waals surface area contributed by atoms with Gasteiger partial charge in [-0.15, -0.1) is 10.2 Å². The number of fused-ring (bicyclic) bond motifs is 2. The molecule has 128 valence electrons. The molecule has 0 bridgehead atoms. The van der Waals surface area contributed by atoms with E-state index in [0.29, 0.717) is 6.42 Å². The van der Waals surface area contributed by atoms with Crippen LogP contribution in [-0.4, -0.2) is 39.6 Å². The van der Waals surface area contributed by atoms with Crippen LogP contribution in [0.25, 0.3) is 27.8 Å². The van der Waals surface area contributed by atoms with Crippen molar-refractivity contribution in [3.05, 3.63) is 60.1 Å². The van der Waals surface area contributed by atoms with Crippen LogP contribution >= 0.6 is 0 Å². The zero-order valence-corrected chi connectivity index (χ0v) is 14.4. The molecule has 0 unspecified atom stereocenters. The quantitative estimate of drug-likeness (QED) is 0.542. The Labute approximate surface area is 148 Å². The van der Waals surface area contributed by atoms with Gasteiger partial charge in [0.05, 0.1) is 11.9 Å². The van der Waals surface area contributed by atoms with Crippen LogP contribution in [0.1, 0.15) is 17.1 Å². The summed E-state index contributed by atoms with van der Waals surface area (Å²) in [5, 5.41) is 18.3. The van der Waals surface area contributed by atoms with Crippen LogP contribution in [0.2, 0.25) is 0 Å². The van der Waals surface area contributed by atoms with Gasteiger partial charge in [0.15, 0.2) is 11.5 Å². The molecular formula is C18H16N8. The van der Waals surface area contributed by atoms with Crippen molar-refractivity contribution in [3.63, 3.8) is 0 Å². The zero-order chi connectivity index (χ0) is 17.7. The Balaban J connectivity index is 1.59. The first kappa shape index (κ1) is 14.8. The average molecular weight is 344 g/mol. The van der Waals surface area contributed by atoms with Crippen LogP contribution in [0.15, 0.2) is 43.0 Å². The molecule has 5 aromatic heterocycles. The molecule has 26 heavy (non-hydrogen) atoms. The van der Waals surface area contributed by atoms with Crippen molar-refractivity contribution in [3.8, 4) is 11.1 Å². The van der Waals surface area contributed by atoms with Gasteiger partial charge in [0.1, 0.15) is 5.65 Å². The molecule has 0 aliphatic carbocycles. The van der Waals surface area contributed by atoms with Gasteiger partial charge in [0, 0.05) is 48.6 Å². The molecule has 0 aliphatic rings. The van der Waals surface area contributed by atoms with Crippen molar-refractivity contribution >= 4 is 16.7 Å². The van der Waals surface area contributed by atoms with Gasteiger partial charge in [-0.25, -0.2) is 4.98 Å². The van der Waals surface area contributed by atoms with Gasteiger partial charge in [0.25, 0.3) is 0 Å². The maximum Gasteiger partial charge on any atom is 0.177 e. The standard InChI is InChI=1S/C18H16N8/c1-11-3-4-16-22-23-17(26(16)24-11)6-13-8-20-18-15(13)5-12(7-19-18)14-9-21-25(2)10-14/h3-5,7-10H,6H2,1-2H3,(H,19,20). The number of aromatic amines is 1. The summed E-state index contributed by atoms with van der Waals surface area (Å²) in [5.74, 6) is 0.802. The smallest absolute Gasteiger partial charge is 0.177 e. The third-order valence-corrected chi connectivity index (χ3v) is 4.46. The Bertz CT molecular complexity index is 1240. The molecule has 0 saturated carbocycles. The second-order valence-corrected chi connectivity index (χ2v) is 6.37. The van der Waals surface area contributed by atoms with Crippen LogP contribution in [0.4, 0.5) is 0 Å². The van der Waals surface area contributed by atoms with E-state index in [1.165, 1.54) is 0 Å². The van der Waals surface area contributed by atoms with Gasteiger partial charge in [0.2, 0.25) is 0 Å². The fraction of sp³-hybridized carbons (Fsp3) is 0.167. The lowest BCUT2D eigenvalue weighted by atomic mass is 10.1. The summed E-state index contributed by atoms with van der Waals surface area (Å²) in [5.41, 5.74) is 5.71. The minimum absolute atomic E-state index is 0.621. The lowest BCUT2D eigenvalue weighted by Crippen LogP contribution is -2.01. The van der Waals surface area contributed by atoms with Crippen molar-refractivity contribution < 1.29 is 0 Å². The lowest BCUT2D eigenvalue weighted by molar-refractivity contribution is 0.768. The van der Waals surface area contributed by atoms with Gasteiger partial charge in [-0.2, -0.15) is 14.7 Å². The molecule has 0 spiro atoms. The number of rotatable bonds is 3. The SMILES string of the molecule is Cc1ccc2nnc(Cc3c[nH]c4ncc(-c5cnn(C)c5)cc34)n2n1. The number of nitrogens with zero attached hydrogens (tertiary/aromatic N) is 7. The summed E-state index contributed by atoms with van der Waals surface area (Å²) >= 11 is 0. The first-order valence-corrected chi connectivity index (χ1v) is 8.30. The predicted octanol–water partition coefficient (Wildman–Crippen LogP) is 2.30. The number of H-pyrrole nitrogens is 1. The molecule has 1 N–H and O–H groups in total. The fourth-order valence-electron chi connectivity index (χ4n) is 3.14. The first-order valence-electron chi connectivity index (χ1n) is 8.30. The van der Waals surface area contributed by atoms with Gasteiger partial charge < -0.3 is 4.98 Å². The van der Waals surface area contributed by atoms with Crippen molar-refractivity contribution in [2.24, 2.45) is 7.05 Å². The van der Waals surface area contributed by atoms with Crippen molar-refractivity contribution in [1.82, 2.24) is 39.6 Å². The molecule has 8 nitrogen and oxygen atoms in total. The summed E-state index contributed by atoms with van der Waals surface area (Å²) in [6.45, 7) is 1.96. The van der Waals surface area contributed by atoms with Gasteiger partial charge in [-0.3, -0.25) is 4.68 Å². The largest absolute Gasteiger partial charge is 0.346 e. The average Bonchev–Trinajstić information content (AvgIpc) is 3.35. The molecule has 0 fully saturated rings. The fourth-order valence-corrected chi connectivity index (χ4v) is 3.14. The zero-order valence-electron chi connectivity index (χ0n) is 14.4. The van der Waals surface area contributed by atoms with Crippen molar-refractivity contribution in [2.45, 2.75) is 13.3 Å². The molecule has 0 aliphatic heterocycles. The maximum absolute atomic E-state index is 4.54. The summed E-state index contributed by atoms with van der Waals surface area (Å²) < 4.78 is 3.58. The molecule has 0 atom stereocenters. The predicted molar refractivity (Wildman–Crippen MR) is 96.6 cm³/mol. The second-order valence-electron chi connectivity index (χ2n) is 6.37. The minimum atomic E-state index is 0.621. The van der Waals surface area contributed by atoms with Gasteiger partial charge in [-0.1, -0.05) is 0 Å². The summed E-state index contributed by atoms with van der Waals surface area (Å²) in [4.78, 5) is 7.78. The summed E-state index contributed by atoms with van der Waals surface area (Å²) in [6, 6.07) is 5.99. The molecule has 0 aromatic carbocycles. The Kier molecular flexibility index (Phi) is 3.11.